The fourth-order valence-corrected chi connectivity index (χ4v) is 2.13. The molecule has 6 nitrogen and oxygen atoms in total. The SMILES string of the molecule is CCOC(=O)c1cnc2ccn(-c3ccc(F)cc3)n2c1=O. The smallest absolute Gasteiger partial charge is 0.345 e. The normalized spacial score (nSPS) is 10.8. The lowest BCUT2D eigenvalue weighted by molar-refractivity contribution is 0.0523. The molecule has 0 N–H and O–H groups in total. The van der Waals surface area contributed by atoms with Crippen molar-refractivity contribution in [3.8, 4) is 5.69 Å². The van der Waals surface area contributed by atoms with E-state index < -0.39 is 11.5 Å². The topological polar surface area (TPSA) is 65.6 Å². The molecule has 3 rings (SSSR count). The van der Waals surface area contributed by atoms with Gasteiger partial charge in [-0.2, -0.15) is 4.52 Å². The van der Waals surface area contributed by atoms with Crippen molar-refractivity contribution in [2.45, 2.75) is 6.92 Å². The Morgan fingerprint density at radius 1 is 1.27 bits per heavy atom. The molecule has 7 heteroatoms. The largest absolute Gasteiger partial charge is 0.462 e. The first-order valence-corrected chi connectivity index (χ1v) is 6.64. The van der Waals surface area contributed by atoms with Gasteiger partial charge < -0.3 is 4.74 Å². The number of benzene rings is 1. The molecule has 112 valence electrons. The van der Waals surface area contributed by atoms with E-state index in [0.717, 1.165) is 0 Å². The number of fused-ring (bicyclic) bond motifs is 1. The van der Waals surface area contributed by atoms with E-state index in [0.29, 0.717) is 11.3 Å². The van der Waals surface area contributed by atoms with E-state index in [-0.39, 0.29) is 18.0 Å². The second-order valence-corrected chi connectivity index (χ2v) is 4.50. The quantitative estimate of drug-likeness (QED) is 0.692. The second-order valence-electron chi connectivity index (χ2n) is 4.50. The molecule has 0 spiro atoms. The highest BCUT2D eigenvalue weighted by Crippen LogP contribution is 2.11. The van der Waals surface area contributed by atoms with Crippen LogP contribution in [0.2, 0.25) is 0 Å². The predicted molar refractivity (Wildman–Crippen MR) is 76.7 cm³/mol. The molecule has 0 fully saturated rings. The zero-order valence-corrected chi connectivity index (χ0v) is 11.7. The summed E-state index contributed by atoms with van der Waals surface area (Å²) in [5.74, 6) is -1.10. The van der Waals surface area contributed by atoms with Crippen molar-refractivity contribution in [2.24, 2.45) is 0 Å². The van der Waals surface area contributed by atoms with Crippen LogP contribution in [0.25, 0.3) is 11.3 Å². The van der Waals surface area contributed by atoms with Gasteiger partial charge in [0.1, 0.15) is 11.4 Å². The van der Waals surface area contributed by atoms with Crippen molar-refractivity contribution >= 4 is 11.6 Å². The lowest BCUT2D eigenvalue weighted by Crippen LogP contribution is -2.27. The van der Waals surface area contributed by atoms with Crippen LogP contribution in [0.4, 0.5) is 4.39 Å². The molecule has 2 aromatic heterocycles. The summed E-state index contributed by atoms with van der Waals surface area (Å²) in [6, 6.07) is 7.25. The van der Waals surface area contributed by atoms with Crippen LogP contribution in [0.1, 0.15) is 17.3 Å². The molecular formula is C15H12FN3O3. The van der Waals surface area contributed by atoms with Crippen LogP contribution < -0.4 is 5.56 Å². The zero-order chi connectivity index (χ0) is 15.7. The lowest BCUT2D eigenvalue weighted by atomic mass is 10.3. The number of halogens is 1. The maximum Gasteiger partial charge on any atom is 0.345 e. The standard InChI is InChI=1S/C15H12FN3O3/c1-2-22-15(21)12-9-17-13-7-8-18(19(13)14(12)20)11-5-3-10(16)4-6-11/h3-9H,2H2,1H3. The van der Waals surface area contributed by atoms with Gasteiger partial charge in [-0.3, -0.25) is 9.48 Å². The summed E-state index contributed by atoms with van der Waals surface area (Å²) in [5.41, 5.74) is 0.253. The Kier molecular flexibility index (Phi) is 3.46. The van der Waals surface area contributed by atoms with Crippen LogP contribution in [0.5, 0.6) is 0 Å². The fraction of sp³-hybridized carbons (Fsp3) is 0.133. The molecule has 0 aliphatic heterocycles. The van der Waals surface area contributed by atoms with Crippen LogP contribution in [0.15, 0.2) is 47.5 Å². The summed E-state index contributed by atoms with van der Waals surface area (Å²) in [5, 5.41) is 0. The van der Waals surface area contributed by atoms with Gasteiger partial charge in [0, 0.05) is 18.5 Å². The van der Waals surface area contributed by atoms with E-state index in [1.807, 2.05) is 0 Å². The molecule has 0 aliphatic rings. The lowest BCUT2D eigenvalue weighted by Gasteiger charge is -2.07. The molecule has 1 aromatic carbocycles. The van der Waals surface area contributed by atoms with Crippen LogP contribution in [0, 0.1) is 5.82 Å². The highest BCUT2D eigenvalue weighted by Gasteiger charge is 2.16. The highest BCUT2D eigenvalue weighted by atomic mass is 19.1. The first-order valence-electron chi connectivity index (χ1n) is 6.64. The number of aromatic nitrogens is 3. The highest BCUT2D eigenvalue weighted by molar-refractivity contribution is 5.88. The third-order valence-corrected chi connectivity index (χ3v) is 3.13. The Balaban J connectivity index is 2.21. The van der Waals surface area contributed by atoms with E-state index in [1.165, 1.54) is 39.7 Å². The Morgan fingerprint density at radius 2 is 2.00 bits per heavy atom. The molecule has 0 bridgehead atoms. The van der Waals surface area contributed by atoms with Gasteiger partial charge in [0.2, 0.25) is 0 Å². The van der Waals surface area contributed by atoms with Crippen LogP contribution in [-0.4, -0.2) is 26.8 Å². The molecule has 0 unspecified atom stereocenters. The molecule has 0 radical (unpaired) electrons. The van der Waals surface area contributed by atoms with Gasteiger partial charge >= 0.3 is 5.97 Å². The van der Waals surface area contributed by atoms with E-state index in [1.54, 1.807) is 19.2 Å². The number of ether oxygens (including phenoxy) is 1. The minimum atomic E-state index is -0.721. The van der Waals surface area contributed by atoms with Gasteiger partial charge in [0.05, 0.1) is 12.3 Å². The van der Waals surface area contributed by atoms with Crippen molar-refractivity contribution in [1.29, 1.82) is 0 Å². The third-order valence-electron chi connectivity index (χ3n) is 3.13. The van der Waals surface area contributed by atoms with E-state index in [9.17, 15) is 14.0 Å². The number of carbonyl (C=O) groups is 1. The molecule has 3 aromatic rings. The van der Waals surface area contributed by atoms with Crippen molar-refractivity contribution in [2.75, 3.05) is 6.61 Å². The summed E-state index contributed by atoms with van der Waals surface area (Å²) >= 11 is 0. The van der Waals surface area contributed by atoms with E-state index in [4.69, 9.17) is 4.74 Å². The monoisotopic (exact) mass is 301 g/mol. The van der Waals surface area contributed by atoms with E-state index in [2.05, 4.69) is 4.98 Å². The first-order chi connectivity index (χ1) is 10.6. The number of hydrogen-bond acceptors (Lipinski definition) is 4. The van der Waals surface area contributed by atoms with Crippen molar-refractivity contribution in [3.05, 3.63) is 64.5 Å². The molecule has 0 saturated carbocycles. The number of esters is 1. The van der Waals surface area contributed by atoms with Gasteiger partial charge in [-0.05, 0) is 31.2 Å². The summed E-state index contributed by atoms with van der Waals surface area (Å²) in [6.45, 7) is 1.82. The minimum Gasteiger partial charge on any atom is -0.462 e. The Morgan fingerprint density at radius 3 is 2.68 bits per heavy atom. The van der Waals surface area contributed by atoms with Crippen LogP contribution in [-0.2, 0) is 4.74 Å². The Bertz CT molecular complexity index is 897. The van der Waals surface area contributed by atoms with E-state index >= 15 is 0 Å². The summed E-state index contributed by atoms with van der Waals surface area (Å²) in [4.78, 5) is 28.4. The third kappa shape index (κ3) is 2.26. The van der Waals surface area contributed by atoms with Crippen LogP contribution >= 0.6 is 0 Å². The molecule has 0 atom stereocenters. The van der Waals surface area contributed by atoms with Gasteiger partial charge in [-0.1, -0.05) is 0 Å². The number of nitrogens with zero attached hydrogens (tertiary/aromatic N) is 3. The average Bonchev–Trinajstić information content (AvgIpc) is 2.93. The molecule has 0 amide bonds. The summed E-state index contributed by atoms with van der Waals surface area (Å²) in [6.07, 6.45) is 2.82. The molecule has 0 aliphatic carbocycles. The maximum absolute atomic E-state index is 13.0. The van der Waals surface area contributed by atoms with Gasteiger partial charge in [-0.25, -0.2) is 14.2 Å². The first kappa shape index (κ1) is 14.0. The molecule has 2 heterocycles. The van der Waals surface area contributed by atoms with Gasteiger partial charge in [0.25, 0.3) is 5.56 Å². The minimum absolute atomic E-state index is 0.151. The van der Waals surface area contributed by atoms with Crippen LogP contribution in [0.3, 0.4) is 0 Å². The predicted octanol–water partition coefficient (Wildman–Crippen LogP) is 1.80. The maximum atomic E-state index is 13.0. The Hall–Kier alpha value is -2.96. The summed E-state index contributed by atoms with van der Waals surface area (Å²) < 4.78 is 20.6. The van der Waals surface area contributed by atoms with Crippen molar-refractivity contribution in [3.63, 3.8) is 0 Å². The number of rotatable bonds is 3. The fourth-order valence-electron chi connectivity index (χ4n) is 2.13. The van der Waals surface area contributed by atoms with Crippen molar-refractivity contribution in [1.82, 2.24) is 14.2 Å². The molecule has 22 heavy (non-hydrogen) atoms. The molecule has 0 saturated heterocycles. The number of carbonyl (C=O) groups excluding carboxylic acids is 1. The van der Waals surface area contributed by atoms with Crippen molar-refractivity contribution < 1.29 is 13.9 Å². The Labute approximate surface area is 124 Å². The zero-order valence-electron chi connectivity index (χ0n) is 11.7. The molecular weight excluding hydrogens is 289 g/mol. The second kappa shape index (κ2) is 5.44. The van der Waals surface area contributed by atoms with Gasteiger partial charge in [-0.15, -0.1) is 0 Å². The summed E-state index contributed by atoms with van der Waals surface area (Å²) in [7, 11) is 0. The van der Waals surface area contributed by atoms with Gasteiger partial charge in [0.15, 0.2) is 5.65 Å². The average molecular weight is 301 g/mol. The number of hydrogen-bond donors (Lipinski definition) is 0.